The summed E-state index contributed by atoms with van der Waals surface area (Å²) in [6.45, 7) is 3.96. The predicted molar refractivity (Wildman–Crippen MR) is 125 cm³/mol. The van der Waals surface area contributed by atoms with Gasteiger partial charge in [0.05, 0.1) is 10.6 Å². The molecule has 0 bridgehead atoms. The number of aryl methyl sites for hydroxylation is 1. The van der Waals surface area contributed by atoms with Crippen molar-refractivity contribution in [1.29, 1.82) is 0 Å². The molecule has 2 unspecified atom stereocenters. The van der Waals surface area contributed by atoms with E-state index >= 15 is 0 Å². The molecule has 7 heteroatoms. The number of thioether (sulfide) groups is 1. The molecule has 1 amide bonds. The Kier molecular flexibility index (Phi) is 6.41. The van der Waals surface area contributed by atoms with Crippen LogP contribution in [-0.2, 0) is 4.79 Å². The van der Waals surface area contributed by atoms with Crippen LogP contribution >= 0.6 is 11.8 Å². The van der Waals surface area contributed by atoms with Gasteiger partial charge in [0.1, 0.15) is 5.25 Å². The van der Waals surface area contributed by atoms with Gasteiger partial charge in [0.25, 0.3) is 5.69 Å². The van der Waals surface area contributed by atoms with Crippen LogP contribution in [0.5, 0.6) is 0 Å². The SMILES string of the molecule is Cc1cc([N+](=O)[O-])ccc1N=C1SC(c2ccccc2)C(=O)N1C(C)C1CCCCC1. The van der Waals surface area contributed by atoms with Crippen molar-refractivity contribution in [2.75, 3.05) is 0 Å². The fourth-order valence-corrected chi connectivity index (χ4v) is 5.78. The van der Waals surface area contributed by atoms with E-state index in [2.05, 4.69) is 6.92 Å². The highest BCUT2D eigenvalue weighted by Gasteiger charge is 2.43. The van der Waals surface area contributed by atoms with E-state index in [1.54, 1.807) is 6.07 Å². The van der Waals surface area contributed by atoms with Crippen LogP contribution in [-0.4, -0.2) is 26.9 Å². The van der Waals surface area contributed by atoms with Crippen molar-refractivity contribution in [3.8, 4) is 0 Å². The number of carbonyl (C=O) groups excluding carboxylic acids is 1. The molecule has 2 atom stereocenters. The molecule has 2 fully saturated rings. The summed E-state index contributed by atoms with van der Waals surface area (Å²) in [5.41, 5.74) is 2.41. The highest BCUT2D eigenvalue weighted by molar-refractivity contribution is 8.15. The molecule has 0 aromatic heterocycles. The summed E-state index contributed by atoms with van der Waals surface area (Å²) >= 11 is 1.48. The Morgan fingerprint density at radius 2 is 1.84 bits per heavy atom. The molecule has 2 aliphatic rings. The number of hydrogen-bond acceptors (Lipinski definition) is 5. The summed E-state index contributed by atoms with van der Waals surface area (Å²) in [7, 11) is 0. The molecule has 1 saturated carbocycles. The van der Waals surface area contributed by atoms with Crippen molar-refractivity contribution >= 4 is 34.2 Å². The number of benzene rings is 2. The number of aliphatic imine (C=N–C) groups is 1. The number of nitro benzene ring substituents is 1. The van der Waals surface area contributed by atoms with E-state index < -0.39 is 4.92 Å². The average Bonchev–Trinajstić information content (AvgIpc) is 3.11. The first-order valence-corrected chi connectivity index (χ1v) is 11.7. The standard InChI is InChI=1S/C24H27N3O3S/c1-16-15-20(27(29)30)13-14-21(16)25-24-26(17(2)18-9-5-3-6-10-18)23(28)22(31-24)19-11-7-4-8-12-19/h4,7-8,11-15,17-18,22H,3,5-6,9-10H2,1-2H3. The van der Waals surface area contributed by atoms with Gasteiger partial charge in [0.15, 0.2) is 5.17 Å². The topological polar surface area (TPSA) is 75.8 Å². The molecule has 6 nitrogen and oxygen atoms in total. The van der Waals surface area contributed by atoms with Crippen LogP contribution < -0.4 is 0 Å². The molecule has 1 aliphatic carbocycles. The fraction of sp³-hybridized carbons (Fsp3) is 0.417. The molecule has 1 aliphatic heterocycles. The lowest BCUT2D eigenvalue weighted by Crippen LogP contribution is -2.43. The lowest BCUT2D eigenvalue weighted by atomic mass is 9.84. The molecule has 31 heavy (non-hydrogen) atoms. The van der Waals surface area contributed by atoms with Crippen LogP contribution in [0.2, 0.25) is 0 Å². The summed E-state index contributed by atoms with van der Waals surface area (Å²) in [5, 5.41) is 11.5. The molecule has 0 N–H and O–H groups in total. The van der Waals surface area contributed by atoms with Crippen molar-refractivity contribution < 1.29 is 9.72 Å². The smallest absolute Gasteiger partial charge is 0.269 e. The third kappa shape index (κ3) is 4.51. The summed E-state index contributed by atoms with van der Waals surface area (Å²) in [4.78, 5) is 31.0. The number of rotatable bonds is 5. The lowest BCUT2D eigenvalue weighted by Gasteiger charge is -2.34. The zero-order valence-corrected chi connectivity index (χ0v) is 18.7. The van der Waals surface area contributed by atoms with Crippen LogP contribution in [0.15, 0.2) is 53.5 Å². The maximum absolute atomic E-state index is 13.6. The van der Waals surface area contributed by atoms with E-state index in [9.17, 15) is 14.9 Å². The molecule has 2 aromatic carbocycles. The van der Waals surface area contributed by atoms with E-state index in [-0.39, 0.29) is 22.9 Å². The Morgan fingerprint density at radius 3 is 2.48 bits per heavy atom. The van der Waals surface area contributed by atoms with Gasteiger partial charge in [0.2, 0.25) is 5.91 Å². The molecule has 1 saturated heterocycles. The van der Waals surface area contributed by atoms with E-state index in [1.807, 2.05) is 42.2 Å². The van der Waals surface area contributed by atoms with Gasteiger partial charge in [-0.1, -0.05) is 61.4 Å². The minimum Gasteiger partial charge on any atom is -0.287 e. The van der Waals surface area contributed by atoms with Crippen molar-refractivity contribution in [3.05, 3.63) is 69.8 Å². The number of carbonyl (C=O) groups is 1. The van der Waals surface area contributed by atoms with Gasteiger partial charge in [-0.25, -0.2) is 4.99 Å². The lowest BCUT2D eigenvalue weighted by molar-refractivity contribution is -0.384. The first-order valence-electron chi connectivity index (χ1n) is 10.8. The van der Waals surface area contributed by atoms with Gasteiger partial charge >= 0.3 is 0 Å². The van der Waals surface area contributed by atoms with E-state index in [0.29, 0.717) is 16.8 Å². The minimum absolute atomic E-state index is 0.0474. The van der Waals surface area contributed by atoms with Gasteiger partial charge in [-0.2, -0.15) is 0 Å². The van der Waals surface area contributed by atoms with Gasteiger partial charge < -0.3 is 0 Å². The van der Waals surface area contributed by atoms with Crippen LogP contribution in [0.3, 0.4) is 0 Å². The molecule has 0 spiro atoms. The highest BCUT2D eigenvalue weighted by Crippen LogP contribution is 2.44. The van der Waals surface area contributed by atoms with Crippen LogP contribution in [0.25, 0.3) is 0 Å². The number of nitrogens with zero attached hydrogens (tertiary/aromatic N) is 3. The Balaban J connectivity index is 1.71. The predicted octanol–water partition coefficient (Wildman–Crippen LogP) is 6.18. The van der Waals surface area contributed by atoms with Crippen molar-refractivity contribution in [2.24, 2.45) is 10.9 Å². The Hall–Kier alpha value is -2.67. The van der Waals surface area contributed by atoms with Crippen molar-refractivity contribution in [2.45, 2.75) is 57.2 Å². The van der Waals surface area contributed by atoms with Crippen LogP contribution in [0.4, 0.5) is 11.4 Å². The zero-order chi connectivity index (χ0) is 22.0. The molecule has 0 radical (unpaired) electrons. The summed E-state index contributed by atoms with van der Waals surface area (Å²) < 4.78 is 0. The maximum atomic E-state index is 13.6. The maximum Gasteiger partial charge on any atom is 0.269 e. The second kappa shape index (κ2) is 9.22. The normalized spacial score (nSPS) is 22.1. The second-order valence-electron chi connectivity index (χ2n) is 8.38. The number of amidine groups is 1. The van der Waals surface area contributed by atoms with E-state index in [0.717, 1.165) is 24.0 Å². The molecule has 162 valence electrons. The minimum atomic E-state index is -0.402. The third-order valence-corrected chi connectivity index (χ3v) is 7.55. The van der Waals surface area contributed by atoms with Gasteiger partial charge in [-0.05, 0) is 49.8 Å². The summed E-state index contributed by atoms with van der Waals surface area (Å²) in [6.07, 6.45) is 5.95. The zero-order valence-electron chi connectivity index (χ0n) is 17.9. The molecular formula is C24H27N3O3S. The molecule has 1 heterocycles. The van der Waals surface area contributed by atoms with Crippen LogP contribution in [0.1, 0.15) is 55.4 Å². The molecule has 4 rings (SSSR count). The van der Waals surface area contributed by atoms with E-state index in [4.69, 9.17) is 4.99 Å². The van der Waals surface area contributed by atoms with E-state index in [1.165, 1.54) is 43.2 Å². The fourth-order valence-electron chi connectivity index (χ4n) is 4.54. The number of nitro groups is 1. The summed E-state index contributed by atoms with van der Waals surface area (Å²) in [6, 6.07) is 14.6. The third-order valence-electron chi connectivity index (χ3n) is 6.34. The van der Waals surface area contributed by atoms with Crippen LogP contribution in [0, 0.1) is 23.0 Å². The average molecular weight is 438 g/mol. The second-order valence-corrected chi connectivity index (χ2v) is 9.45. The Morgan fingerprint density at radius 1 is 1.13 bits per heavy atom. The Bertz CT molecular complexity index is 1000. The summed E-state index contributed by atoms with van der Waals surface area (Å²) in [5.74, 6) is 0.545. The number of amides is 1. The quantitative estimate of drug-likeness (QED) is 0.414. The van der Waals surface area contributed by atoms with Crippen molar-refractivity contribution in [1.82, 2.24) is 4.90 Å². The van der Waals surface area contributed by atoms with Gasteiger partial charge in [-0.3, -0.25) is 19.8 Å². The molecule has 2 aromatic rings. The number of hydrogen-bond donors (Lipinski definition) is 0. The van der Waals surface area contributed by atoms with Gasteiger partial charge in [-0.15, -0.1) is 0 Å². The number of non-ortho nitro benzene ring substituents is 1. The largest absolute Gasteiger partial charge is 0.287 e. The van der Waals surface area contributed by atoms with Gasteiger partial charge in [0, 0.05) is 18.2 Å². The molecular weight excluding hydrogens is 410 g/mol. The van der Waals surface area contributed by atoms with Crippen molar-refractivity contribution in [3.63, 3.8) is 0 Å². The first kappa shape index (κ1) is 21.6. The highest BCUT2D eigenvalue weighted by atomic mass is 32.2. The first-order chi connectivity index (χ1) is 15.0. The monoisotopic (exact) mass is 437 g/mol. The Labute approximate surface area is 186 Å².